The van der Waals surface area contributed by atoms with Gasteiger partial charge in [-0.3, -0.25) is 4.99 Å². The minimum absolute atomic E-state index is 0.00998. The molecule has 3 N–H and O–H groups in total. The number of guanidine groups is 1. The summed E-state index contributed by atoms with van der Waals surface area (Å²) >= 11 is 0. The molecular formula is C18H30N4O2. The fraction of sp³-hybridized carbons (Fsp3) is 0.556. The summed E-state index contributed by atoms with van der Waals surface area (Å²) in [6.07, 6.45) is 0.371. The molecule has 1 atom stereocenters. The van der Waals surface area contributed by atoms with Crippen LogP contribution in [0.1, 0.15) is 39.7 Å². The Hall–Kier alpha value is -2.24. The zero-order valence-electron chi connectivity index (χ0n) is 15.6. The average molecular weight is 334 g/mol. The van der Waals surface area contributed by atoms with Gasteiger partial charge in [0, 0.05) is 25.3 Å². The quantitative estimate of drug-likeness (QED) is 0.639. The second-order valence-electron chi connectivity index (χ2n) is 6.99. The number of hydrogen-bond donors (Lipinski definition) is 2. The van der Waals surface area contributed by atoms with Crippen molar-refractivity contribution in [3.63, 3.8) is 0 Å². The molecule has 1 rings (SSSR count). The summed E-state index contributed by atoms with van der Waals surface area (Å²) in [7, 11) is 1.73. The van der Waals surface area contributed by atoms with E-state index in [1.165, 1.54) is 5.56 Å². The van der Waals surface area contributed by atoms with E-state index in [1.807, 2.05) is 58.9 Å². The molecule has 0 saturated heterocycles. The van der Waals surface area contributed by atoms with E-state index in [0.29, 0.717) is 18.9 Å². The standard InChI is InChI=1S/C18H30N4O2/c1-13-7-9-15(10-8-13)21-16(19)20-12-11-14(2)22(6)17(23)24-18(3,4)5/h7-10,14H,11-12H2,1-6H3,(H3,19,20,21). The molecule has 0 radical (unpaired) electrons. The third-order valence-electron chi connectivity index (χ3n) is 3.50. The van der Waals surface area contributed by atoms with Crippen LogP contribution in [0.5, 0.6) is 0 Å². The zero-order chi connectivity index (χ0) is 18.3. The van der Waals surface area contributed by atoms with Crippen molar-refractivity contribution < 1.29 is 9.53 Å². The molecule has 0 fully saturated rings. The smallest absolute Gasteiger partial charge is 0.410 e. The molecule has 6 nitrogen and oxygen atoms in total. The van der Waals surface area contributed by atoms with Gasteiger partial charge < -0.3 is 20.7 Å². The minimum Gasteiger partial charge on any atom is -0.444 e. The lowest BCUT2D eigenvalue weighted by Crippen LogP contribution is -2.39. The molecule has 0 aromatic heterocycles. The predicted octanol–water partition coefficient (Wildman–Crippen LogP) is 3.37. The lowest BCUT2D eigenvalue weighted by atomic mass is 10.2. The van der Waals surface area contributed by atoms with Crippen LogP contribution in [0.15, 0.2) is 29.3 Å². The van der Waals surface area contributed by atoms with Crippen LogP contribution in [0, 0.1) is 6.92 Å². The van der Waals surface area contributed by atoms with Crippen molar-refractivity contribution in [2.45, 2.75) is 52.7 Å². The number of benzene rings is 1. The van der Waals surface area contributed by atoms with Crippen LogP contribution in [-0.2, 0) is 4.74 Å². The van der Waals surface area contributed by atoms with Gasteiger partial charge >= 0.3 is 6.09 Å². The van der Waals surface area contributed by atoms with Gasteiger partial charge in [-0.25, -0.2) is 4.79 Å². The first-order valence-electron chi connectivity index (χ1n) is 8.18. The van der Waals surface area contributed by atoms with E-state index >= 15 is 0 Å². The summed E-state index contributed by atoms with van der Waals surface area (Å²) in [6, 6.07) is 7.93. The second kappa shape index (κ2) is 8.57. The van der Waals surface area contributed by atoms with Gasteiger partial charge in [-0.05, 0) is 53.2 Å². The largest absolute Gasteiger partial charge is 0.444 e. The predicted molar refractivity (Wildman–Crippen MR) is 99.4 cm³/mol. The highest BCUT2D eigenvalue weighted by Crippen LogP contribution is 2.12. The van der Waals surface area contributed by atoms with Gasteiger partial charge in [-0.1, -0.05) is 17.7 Å². The number of nitrogens with zero attached hydrogens (tertiary/aromatic N) is 2. The molecule has 6 heteroatoms. The maximum Gasteiger partial charge on any atom is 0.410 e. The van der Waals surface area contributed by atoms with E-state index < -0.39 is 5.60 Å². The lowest BCUT2D eigenvalue weighted by Gasteiger charge is -2.28. The maximum absolute atomic E-state index is 12.0. The molecule has 0 saturated carbocycles. The van der Waals surface area contributed by atoms with Gasteiger partial charge in [0.2, 0.25) is 0 Å². The SMILES string of the molecule is Cc1ccc(NC(N)=NCCC(C)N(C)C(=O)OC(C)(C)C)cc1. The lowest BCUT2D eigenvalue weighted by molar-refractivity contribution is 0.0231. The maximum atomic E-state index is 12.0. The van der Waals surface area contributed by atoms with Crippen LogP contribution >= 0.6 is 0 Å². The molecule has 1 aromatic rings. The van der Waals surface area contributed by atoms with E-state index in [4.69, 9.17) is 10.5 Å². The van der Waals surface area contributed by atoms with E-state index in [-0.39, 0.29) is 12.1 Å². The summed E-state index contributed by atoms with van der Waals surface area (Å²) in [5.74, 6) is 0.367. The van der Waals surface area contributed by atoms with E-state index in [9.17, 15) is 4.79 Å². The van der Waals surface area contributed by atoms with Crippen LogP contribution in [0.3, 0.4) is 0 Å². The van der Waals surface area contributed by atoms with E-state index in [1.54, 1.807) is 11.9 Å². The topological polar surface area (TPSA) is 80.0 Å². The third kappa shape index (κ3) is 7.35. The van der Waals surface area contributed by atoms with Crippen LogP contribution in [0.2, 0.25) is 0 Å². The van der Waals surface area contributed by atoms with Crippen molar-refractivity contribution >= 4 is 17.7 Å². The summed E-state index contributed by atoms with van der Waals surface area (Å²) in [6.45, 7) is 10.1. The van der Waals surface area contributed by atoms with Crippen LogP contribution in [0.25, 0.3) is 0 Å². The van der Waals surface area contributed by atoms with Gasteiger partial charge in [0.15, 0.2) is 5.96 Å². The number of aryl methyl sites for hydroxylation is 1. The Morgan fingerprint density at radius 2 is 1.92 bits per heavy atom. The van der Waals surface area contributed by atoms with Crippen molar-refractivity contribution in [1.82, 2.24) is 4.90 Å². The first-order valence-corrected chi connectivity index (χ1v) is 8.18. The zero-order valence-corrected chi connectivity index (χ0v) is 15.6. The van der Waals surface area contributed by atoms with Crippen molar-refractivity contribution in [2.75, 3.05) is 18.9 Å². The molecular weight excluding hydrogens is 304 g/mol. The number of anilines is 1. The minimum atomic E-state index is -0.494. The summed E-state index contributed by atoms with van der Waals surface area (Å²) in [5.41, 5.74) is 7.48. The number of carbonyl (C=O) groups is 1. The number of carbonyl (C=O) groups excluding carboxylic acids is 1. The molecule has 0 heterocycles. The summed E-state index contributed by atoms with van der Waals surface area (Å²) in [5, 5.41) is 3.05. The Kier molecular flexibility index (Phi) is 7.07. The number of aliphatic imine (C=N–C) groups is 1. The number of rotatable bonds is 5. The van der Waals surface area contributed by atoms with Crippen molar-refractivity contribution in [2.24, 2.45) is 10.7 Å². The highest BCUT2D eigenvalue weighted by atomic mass is 16.6. The Bertz CT molecular complexity index is 561. The Balaban J connectivity index is 2.44. The van der Waals surface area contributed by atoms with E-state index in [0.717, 1.165) is 5.69 Å². The Morgan fingerprint density at radius 1 is 1.33 bits per heavy atom. The van der Waals surface area contributed by atoms with E-state index in [2.05, 4.69) is 10.3 Å². The molecule has 1 amide bonds. The molecule has 0 aliphatic rings. The highest BCUT2D eigenvalue weighted by Gasteiger charge is 2.22. The fourth-order valence-electron chi connectivity index (χ4n) is 1.90. The first-order chi connectivity index (χ1) is 11.1. The molecule has 0 aliphatic carbocycles. The summed E-state index contributed by atoms with van der Waals surface area (Å²) < 4.78 is 5.35. The van der Waals surface area contributed by atoms with Crippen LogP contribution < -0.4 is 11.1 Å². The molecule has 0 bridgehead atoms. The van der Waals surface area contributed by atoms with Crippen molar-refractivity contribution in [3.05, 3.63) is 29.8 Å². The van der Waals surface area contributed by atoms with Crippen molar-refractivity contribution in [3.8, 4) is 0 Å². The monoisotopic (exact) mass is 334 g/mol. The van der Waals surface area contributed by atoms with Gasteiger partial charge in [-0.2, -0.15) is 0 Å². The normalized spacial score (nSPS) is 13.3. The first kappa shape index (κ1) is 19.8. The van der Waals surface area contributed by atoms with Gasteiger partial charge in [0.05, 0.1) is 0 Å². The number of hydrogen-bond acceptors (Lipinski definition) is 3. The van der Waals surface area contributed by atoms with Gasteiger partial charge in [0.1, 0.15) is 5.60 Å². The molecule has 1 unspecified atom stereocenters. The molecule has 1 aromatic carbocycles. The van der Waals surface area contributed by atoms with Crippen molar-refractivity contribution in [1.29, 1.82) is 0 Å². The second-order valence-corrected chi connectivity index (χ2v) is 6.99. The molecule has 24 heavy (non-hydrogen) atoms. The average Bonchev–Trinajstić information content (AvgIpc) is 2.47. The Labute approximate surface area is 145 Å². The third-order valence-corrected chi connectivity index (χ3v) is 3.50. The number of nitrogens with two attached hydrogens (primary N) is 1. The highest BCUT2D eigenvalue weighted by molar-refractivity contribution is 5.92. The number of amides is 1. The van der Waals surface area contributed by atoms with Crippen LogP contribution in [-0.4, -0.2) is 42.2 Å². The summed E-state index contributed by atoms with van der Waals surface area (Å²) in [4.78, 5) is 17.9. The fourth-order valence-corrected chi connectivity index (χ4v) is 1.90. The molecule has 0 aliphatic heterocycles. The van der Waals surface area contributed by atoms with Crippen LogP contribution in [0.4, 0.5) is 10.5 Å². The Morgan fingerprint density at radius 3 is 2.46 bits per heavy atom. The molecule has 0 spiro atoms. The number of ether oxygens (including phenoxy) is 1. The van der Waals surface area contributed by atoms with Gasteiger partial charge in [0.25, 0.3) is 0 Å². The number of nitrogens with one attached hydrogen (secondary N) is 1. The molecule has 134 valence electrons. The van der Waals surface area contributed by atoms with Gasteiger partial charge in [-0.15, -0.1) is 0 Å².